The van der Waals surface area contributed by atoms with Crippen LogP contribution in [0.2, 0.25) is 0 Å². The average Bonchev–Trinajstić information content (AvgIpc) is 2.45. The van der Waals surface area contributed by atoms with Gasteiger partial charge in [0.1, 0.15) is 5.37 Å². The minimum absolute atomic E-state index is 0.128. The molecule has 1 aliphatic rings. The number of hydrogen-bond acceptors (Lipinski definition) is 5. The Hall–Kier alpha value is 0.220. The first kappa shape index (κ1) is 17.3. The standard InChI is InChI=1S/C13H27NO3S2/c1-4-13(5-2,11-15)10-14-7-8-18-9-12(14)19(16,17)6-3/h12,15H,4-11H2,1-3H3. The van der Waals surface area contributed by atoms with E-state index >= 15 is 0 Å². The number of thioether (sulfide) groups is 1. The van der Waals surface area contributed by atoms with E-state index in [-0.39, 0.29) is 23.1 Å². The average molecular weight is 309 g/mol. The SMILES string of the molecule is CCC(CC)(CO)CN1CCSCC1S(=O)(=O)CC. The zero-order valence-corrected chi connectivity index (χ0v) is 13.9. The number of sulfone groups is 1. The third-order valence-electron chi connectivity index (χ3n) is 4.38. The molecule has 0 radical (unpaired) electrons. The first-order chi connectivity index (χ1) is 8.94. The molecule has 1 atom stereocenters. The molecule has 0 aromatic rings. The molecule has 6 heteroatoms. The Morgan fingerprint density at radius 3 is 2.42 bits per heavy atom. The van der Waals surface area contributed by atoms with Gasteiger partial charge in [-0.25, -0.2) is 8.42 Å². The smallest absolute Gasteiger partial charge is 0.166 e. The molecule has 1 aliphatic heterocycles. The molecule has 1 rings (SSSR count). The summed E-state index contributed by atoms with van der Waals surface area (Å²) in [4.78, 5) is 2.08. The predicted molar refractivity (Wildman–Crippen MR) is 82.2 cm³/mol. The Labute approximate surface area is 121 Å². The van der Waals surface area contributed by atoms with Crippen molar-refractivity contribution in [3.8, 4) is 0 Å². The highest BCUT2D eigenvalue weighted by molar-refractivity contribution is 8.01. The van der Waals surface area contributed by atoms with Gasteiger partial charge in [0.25, 0.3) is 0 Å². The molecule has 0 amide bonds. The van der Waals surface area contributed by atoms with Crippen LogP contribution in [0, 0.1) is 5.41 Å². The Balaban J connectivity index is 2.89. The normalized spacial score (nSPS) is 22.6. The van der Waals surface area contributed by atoms with Crippen molar-refractivity contribution >= 4 is 21.6 Å². The van der Waals surface area contributed by atoms with E-state index in [4.69, 9.17) is 0 Å². The van der Waals surface area contributed by atoms with Crippen molar-refractivity contribution in [2.45, 2.75) is 39.0 Å². The molecule has 1 N–H and O–H groups in total. The molecule has 0 saturated carbocycles. The fraction of sp³-hybridized carbons (Fsp3) is 1.00. The number of aliphatic hydroxyl groups excluding tert-OH is 1. The van der Waals surface area contributed by atoms with Gasteiger partial charge in [-0.3, -0.25) is 4.90 Å². The van der Waals surface area contributed by atoms with Crippen molar-refractivity contribution in [2.24, 2.45) is 5.41 Å². The molecule has 0 aromatic carbocycles. The lowest BCUT2D eigenvalue weighted by atomic mass is 9.82. The van der Waals surface area contributed by atoms with Crippen LogP contribution >= 0.6 is 11.8 Å². The number of hydrogen-bond donors (Lipinski definition) is 1. The van der Waals surface area contributed by atoms with Crippen LogP contribution in [-0.4, -0.2) is 60.8 Å². The minimum Gasteiger partial charge on any atom is -0.396 e. The molecule has 0 bridgehead atoms. The molecule has 0 spiro atoms. The van der Waals surface area contributed by atoms with Gasteiger partial charge >= 0.3 is 0 Å². The van der Waals surface area contributed by atoms with Crippen molar-refractivity contribution in [3.63, 3.8) is 0 Å². The monoisotopic (exact) mass is 309 g/mol. The summed E-state index contributed by atoms with van der Waals surface area (Å²) in [6, 6.07) is 0. The van der Waals surface area contributed by atoms with Gasteiger partial charge in [-0.05, 0) is 12.8 Å². The zero-order chi connectivity index (χ0) is 14.5. The van der Waals surface area contributed by atoms with Gasteiger partial charge in [0.2, 0.25) is 0 Å². The topological polar surface area (TPSA) is 57.6 Å². The molecular weight excluding hydrogens is 282 g/mol. The molecule has 1 heterocycles. The van der Waals surface area contributed by atoms with Gasteiger partial charge in [0.15, 0.2) is 9.84 Å². The van der Waals surface area contributed by atoms with Crippen molar-refractivity contribution in [2.75, 3.05) is 37.0 Å². The number of aliphatic hydroxyl groups is 1. The van der Waals surface area contributed by atoms with Crippen molar-refractivity contribution < 1.29 is 13.5 Å². The van der Waals surface area contributed by atoms with Crippen LogP contribution in [-0.2, 0) is 9.84 Å². The summed E-state index contributed by atoms with van der Waals surface area (Å²) >= 11 is 1.71. The maximum absolute atomic E-state index is 12.2. The second-order valence-corrected chi connectivity index (χ2v) is 8.91. The van der Waals surface area contributed by atoms with Gasteiger partial charge in [0, 0.05) is 42.4 Å². The summed E-state index contributed by atoms with van der Waals surface area (Å²) < 4.78 is 24.4. The molecule has 1 saturated heterocycles. The first-order valence-corrected chi connectivity index (χ1v) is 9.96. The lowest BCUT2D eigenvalue weighted by Gasteiger charge is -2.41. The largest absolute Gasteiger partial charge is 0.396 e. The molecule has 1 fully saturated rings. The highest BCUT2D eigenvalue weighted by Gasteiger charge is 2.37. The second-order valence-electron chi connectivity index (χ2n) is 5.32. The first-order valence-electron chi connectivity index (χ1n) is 7.09. The van der Waals surface area contributed by atoms with E-state index in [9.17, 15) is 13.5 Å². The van der Waals surface area contributed by atoms with Crippen LogP contribution in [0.5, 0.6) is 0 Å². The molecule has 0 aromatic heterocycles. The maximum Gasteiger partial charge on any atom is 0.166 e. The van der Waals surface area contributed by atoms with E-state index in [1.54, 1.807) is 18.7 Å². The van der Waals surface area contributed by atoms with Crippen molar-refractivity contribution in [1.29, 1.82) is 0 Å². The third-order valence-corrected chi connectivity index (χ3v) is 7.71. The Morgan fingerprint density at radius 2 is 1.95 bits per heavy atom. The van der Waals surface area contributed by atoms with Crippen molar-refractivity contribution in [3.05, 3.63) is 0 Å². The lowest BCUT2D eigenvalue weighted by Crippen LogP contribution is -2.52. The lowest BCUT2D eigenvalue weighted by molar-refractivity contribution is 0.0640. The predicted octanol–water partition coefficient (Wildman–Crippen LogP) is 1.59. The fourth-order valence-corrected chi connectivity index (χ4v) is 5.58. The third kappa shape index (κ3) is 4.09. The Bertz CT molecular complexity index is 358. The van der Waals surface area contributed by atoms with E-state index < -0.39 is 9.84 Å². The van der Waals surface area contributed by atoms with Crippen LogP contribution in [0.25, 0.3) is 0 Å². The van der Waals surface area contributed by atoms with Gasteiger partial charge in [0.05, 0.1) is 0 Å². The second kappa shape index (κ2) is 7.29. The van der Waals surface area contributed by atoms with Gasteiger partial charge in [-0.1, -0.05) is 20.8 Å². The van der Waals surface area contributed by atoms with E-state index in [1.165, 1.54) is 0 Å². The van der Waals surface area contributed by atoms with Crippen LogP contribution in [0.3, 0.4) is 0 Å². The summed E-state index contributed by atoms with van der Waals surface area (Å²) in [5, 5.41) is 9.30. The highest BCUT2D eigenvalue weighted by atomic mass is 32.2. The molecule has 19 heavy (non-hydrogen) atoms. The van der Waals surface area contributed by atoms with Crippen LogP contribution in [0.1, 0.15) is 33.6 Å². The summed E-state index contributed by atoms with van der Waals surface area (Å²) in [5.74, 6) is 1.83. The molecule has 4 nitrogen and oxygen atoms in total. The molecule has 0 aliphatic carbocycles. The minimum atomic E-state index is -3.04. The van der Waals surface area contributed by atoms with E-state index in [2.05, 4.69) is 18.7 Å². The Morgan fingerprint density at radius 1 is 1.32 bits per heavy atom. The highest BCUT2D eigenvalue weighted by Crippen LogP contribution is 2.31. The quantitative estimate of drug-likeness (QED) is 0.774. The number of nitrogens with zero attached hydrogens (tertiary/aromatic N) is 1. The summed E-state index contributed by atoms with van der Waals surface area (Å²) in [6.07, 6.45) is 1.76. The van der Waals surface area contributed by atoms with Gasteiger partial charge < -0.3 is 5.11 Å². The number of rotatable bonds is 7. The summed E-state index contributed by atoms with van der Waals surface area (Å²) in [7, 11) is -3.04. The van der Waals surface area contributed by atoms with Crippen molar-refractivity contribution in [1.82, 2.24) is 4.90 Å². The van der Waals surface area contributed by atoms with Crippen LogP contribution in [0.4, 0.5) is 0 Å². The van der Waals surface area contributed by atoms with Crippen LogP contribution < -0.4 is 0 Å². The van der Waals surface area contributed by atoms with Gasteiger partial charge in [-0.2, -0.15) is 11.8 Å². The van der Waals surface area contributed by atoms with E-state index in [0.717, 1.165) is 25.1 Å². The van der Waals surface area contributed by atoms with Crippen LogP contribution in [0.15, 0.2) is 0 Å². The maximum atomic E-state index is 12.2. The zero-order valence-electron chi connectivity index (χ0n) is 12.3. The fourth-order valence-electron chi connectivity index (χ4n) is 2.50. The summed E-state index contributed by atoms with van der Waals surface area (Å²) in [6.45, 7) is 7.47. The van der Waals surface area contributed by atoms with E-state index in [1.807, 2.05) is 0 Å². The molecule has 114 valence electrons. The summed E-state index contributed by atoms with van der Waals surface area (Å²) in [5.41, 5.74) is -0.163. The molecular formula is C13H27NO3S2. The molecule has 1 unspecified atom stereocenters. The van der Waals surface area contributed by atoms with Gasteiger partial charge in [-0.15, -0.1) is 0 Å². The van der Waals surface area contributed by atoms with E-state index in [0.29, 0.717) is 12.3 Å². The Kier molecular flexibility index (Phi) is 6.63.